The molecule has 1 saturated heterocycles. The third-order valence-corrected chi connectivity index (χ3v) is 9.52. The van der Waals surface area contributed by atoms with Crippen LogP contribution in [0.4, 0.5) is 5.69 Å². The van der Waals surface area contributed by atoms with Crippen molar-refractivity contribution in [1.82, 2.24) is 9.80 Å². The molecular formula is C33H34ClN3O2S. The van der Waals surface area contributed by atoms with Gasteiger partial charge in [-0.25, -0.2) is 0 Å². The molecule has 0 bridgehead atoms. The van der Waals surface area contributed by atoms with E-state index in [1.54, 1.807) is 0 Å². The smallest absolute Gasteiger partial charge is 0.265 e. The number of benzene rings is 3. The van der Waals surface area contributed by atoms with E-state index in [4.69, 9.17) is 11.6 Å². The second-order valence-corrected chi connectivity index (χ2v) is 12.4. The Morgan fingerprint density at radius 3 is 2.40 bits per heavy atom. The van der Waals surface area contributed by atoms with Crippen molar-refractivity contribution in [3.05, 3.63) is 99.4 Å². The Balaban J connectivity index is 1.15. The number of hydrogen-bond acceptors (Lipinski definition) is 4. The van der Waals surface area contributed by atoms with Gasteiger partial charge in [0.1, 0.15) is 0 Å². The largest absolute Gasteiger partial charge is 0.336 e. The van der Waals surface area contributed by atoms with Crippen molar-refractivity contribution in [3.63, 3.8) is 0 Å². The normalized spacial score (nSPS) is 19.6. The van der Waals surface area contributed by atoms with Crippen LogP contribution < -0.4 is 4.90 Å². The number of thioether (sulfide) groups is 1. The van der Waals surface area contributed by atoms with Crippen LogP contribution in [0.25, 0.3) is 6.08 Å². The van der Waals surface area contributed by atoms with Crippen LogP contribution in [0.3, 0.4) is 0 Å². The van der Waals surface area contributed by atoms with E-state index in [2.05, 4.69) is 4.90 Å². The predicted octanol–water partition coefficient (Wildman–Crippen LogP) is 7.11. The molecular weight excluding hydrogens is 538 g/mol. The van der Waals surface area contributed by atoms with Crippen LogP contribution in [0.15, 0.2) is 82.6 Å². The van der Waals surface area contributed by atoms with Gasteiger partial charge in [-0.1, -0.05) is 79.0 Å². The highest BCUT2D eigenvalue weighted by molar-refractivity contribution is 8.04. The second-order valence-electron chi connectivity index (χ2n) is 10.8. The SMILES string of the molecule is O=C(c1ccc(C=C2Sc3ccccc3N(Cc3cccc(Cl)c3)C2=O)cc1)N1CCN(C2CCCCC2)CC1. The van der Waals surface area contributed by atoms with Gasteiger partial charge in [0.05, 0.1) is 17.1 Å². The molecule has 5 nitrogen and oxygen atoms in total. The van der Waals surface area contributed by atoms with E-state index in [0.717, 1.165) is 47.9 Å². The molecule has 3 aliphatic rings. The lowest BCUT2D eigenvalue weighted by Crippen LogP contribution is -2.52. The second kappa shape index (κ2) is 12.2. The Labute approximate surface area is 245 Å². The highest BCUT2D eigenvalue weighted by Gasteiger charge is 2.30. The third-order valence-electron chi connectivity index (χ3n) is 8.21. The number of rotatable bonds is 5. The lowest BCUT2D eigenvalue weighted by molar-refractivity contribution is -0.114. The van der Waals surface area contributed by atoms with Crippen molar-refractivity contribution in [3.8, 4) is 0 Å². The monoisotopic (exact) mass is 571 g/mol. The Morgan fingerprint density at radius 2 is 1.65 bits per heavy atom. The first kappa shape index (κ1) is 27.1. The van der Waals surface area contributed by atoms with Crippen molar-refractivity contribution >= 4 is 46.9 Å². The maximum absolute atomic E-state index is 13.6. The highest BCUT2D eigenvalue weighted by Crippen LogP contribution is 2.42. The number of amides is 2. The molecule has 2 amide bonds. The molecule has 0 unspecified atom stereocenters. The van der Waals surface area contributed by atoms with Crippen LogP contribution in [-0.4, -0.2) is 53.8 Å². The average molecular weight is 572 g/mol. The fourth-order valence-corrected chi connectivity index (χ4v) is 7.30. The highest BCUT2D eigenvalue weighted by atomic mass is 35.5. The molecule has 0 spiro atoms. The number of hydrogen-bond donors (Lipinski definition) is 0. The minimum Gasteiger partial charge on any atom is -0.336 e. The average Bonchev–Trinajstić information content (AvgIpc) is 3.00. The van der Waals surface area contributed by atoms with Gasteiger partial charge >= 0.3 is 0 Å². The number of piperazine rings is 1. The van der Waals surface area contributed by atoms with Crippen molar-refractivity contribution in [2.24, 2.45) is 0 Å². The zero-order valence-electron chi connectivity index (χ0n) is 22.6. The van der Waals surface area contributed by atoms with E-state index >= 15 is 0 Å². The van der Waals surface area contributed by atoms with Crippen LogP contribution in [0.5, 0.6) is 0 Å². The van der Waals surface area contributed by atoms with E-state index in [1.807, 2.05) is 88.7 Å². The van der Waals surface area contributed by atoms with E-state index < -0.39 is 0 Å². The molecule has 7 heteroatoms. The molecule has 2 aliphatic heterocycles. The van der Waals surface area contributed by atoms with Crippen LogP contribution in [-0.2, 0) is 11.3 Å². The zero-order chi connectivity index (χ0) is 27.5. The van der Waals surface area contributed by atoms with Gasteiger partial charge in [0, 0.05) is 47.7 Å². The summed E-state index contributed by atoms with van der Waals surface area (Å²) >= 11 is 7.70. The first-order valence-corrected chi connectivity index (χ1v) is 15.4. The van der Waals surface area contributed by atoms with Crippen molar-refractivity contribution < 1.29 is 9.59 Å². The molecule has 6 rings (SSSR count). The minimum absolute atomic E-state index is 0.0420. The Hall–Kier alpha value is -3.06. The molecule has 3 aromatic rings. The molecule has 206 valence electrons. The summed E-state index contributed by atoms with van der Waals surface area (Å²) in [7, 11) is 0. The van der Waals surface area contributed by atoms with Gasteiger partial charge in [-0.15, -0.1) is 0 Å². The summed E-state index contributed by atoms with van der Waals surface area (Å²) in [5.41, 5.74) is 3.48. The topological polar surface area (TPSA) is 43.9 Å². The summed E-state index contributed by atoms with van der Waals surface area (Å²) in [5, 5.41) is 0.654. The number of para-hydroxylation sites is 1. The van der Waals surface area contributed by atoms with Crippen LogP contribution in [0.2, 0.25) is 5.02 Å². The number of anilines is 1. The first-order valence-electron chi connectivity index (χ1n) is 14.2. The maximum Gasteiger partial charge on any atom is 0.265 e. The van der Waals surface area contributed by atoms with Gasteiger partial charge in [-0.05, 0) is 66.4 Å². The van der Waals surface area contributed by atoms with Crippen molar-refractivity contribution in [1.29, 1.82) is 0 Å². The third kappa shape index (κ3) is 5.99. The molecule has 1 saturated carbocycles. The maximum atomic E-state index is 13.6. The van der Waals surface area contributed by atoms with Gasteiger partial charge in [0.15, 0.2) is 0 Å². The summed E-state index contributed by atoms with van der Waals surface area (Å²) in [6.07, 6.45) is 8.56. The standard InChI is InChI=1S/C33H34ClN3O2S/c34-27-8-6-7-25(21-27)23-37-29-11-4-5-12-30(29)40-31(33(37)39)22-24-13-15-26(16-14-24)32(38)36-19-17-35(18-20-36)28-9-2-1-3-10-28/h4-8,11-16,21-22,28H,1-3,9-10,17-20,23H2. The molecule has 1 aliphatic carbocycles. The minimum atomic E-state index is -0.0420. The van der Waals surface area contributed by atoms with Gasteiger partial charge in [0.25, 0.3) is 11.8 Å². The van der Waals surface area contributed by atoms with Crippen LogP contribution >= 0.6 is 23.4 Å². The molecule has 0 N–H and O–H groups in total. The molecule has 0 radical (unpaired) electrons. The van der Waals surface area contributed by atoms with Gasteiger partial charge in [-0.3, -0.25) is 14.5 Å². The zero-order valence-corrected chi connectivity index (χ0v) is 24.2. The Bertz CT molecular complexity index is 1410. The molecule has 3 aromatic carbocycles. The van der Waals surface area contributed by atoms with Crippen LogP contribution in [0.1, 0.15) is 53.6 Å². The molecule has 40 heavy (non-hydrogen) atoms. The number of carbonyl (C=O) groups excluding carboxylic acids is 2. The van der Waals surface area contributed by atoms with E-state index in [0.29, 0.717) is 28.1 Å². The quantitative estimate of drug-likeness (QED) is 0.306. The number of carbonyl (C=O) groups is 2. The van der Waals surface area contributed by atoms with E-state index in [1.165, 1.54) is 43.9 Å². The molecule has 2 heterocycles. The fourth-order valence-electron chi connectivity index (χ4n) is 6.03. The van der Waals surface area contributed by atoms with E-state index in [9.17, 15) is 9.59 Å². The fraction of sp³-hybridized carbons (Fsp3) is 0.333. The van der Waals surface area contributed by atoms with Gasteiger partial charge in [-0.2, -0.15) is 0 Å². The lowest BCUT2D eigenvalue weighted by atomic mass is 9.94. The van der Waals surface area contributed by atoms with Crippen molar-refractivity contribution in [2.45, 2.75) is 49.6 Å². The summed E-state index contributed by atoms with van der Waals surface area (Å²) < 4.78 is 0. The van der Waals surface area contributed by atoms with Crippen molar-refractivity contribution in [2.75, 3.05) is 31.1 Å². The number of fused-ring (bicyclic) bond motifs is 1. The molecule has 2 fully saturated rings. The molecule has 0 atom stereocenters. The summed E-state index contributed by atoms with van der Waals surface area (Å²) in [4.78, 5) is 34.9. The summed E-state index contributed by atoms with van der Waals surface area (Å²) in [5.74, 6) is 0.0481. The van der Waals surface area contributed by atoms with Gasteiger partial charge in [0.2, 0.25) is 0 Å². The van der Waals surface area contributed by atoms with Gasteiger partial charge < -0.3 is 9.80 Å². The lowest BCUT2D eigenvalue weighted by Gasteiger charge is -2.40. The summed E-state index contributed by atoms with van der Waals surface area (Å²) in [6, 6.07) is 24.0. The van der Waals surface area contributed by atoms with Crippen LogP contribution in [0, 0.1) is 0 Å². The van der Waals surface area contributed by atoms with E-state index in [-0.39, 0.29) is 11.8 Å². The number of halogens is 1. The number of nitrogens with zero attached hydrogens (tertiary/aromatic N) is 3. The Kier molecular flexibility index (Phi) is 8.28. The first-order chi connectivity index (χ1) is 19.5. The predicted molar refractivity (Wildman–Crippen MR) is 164 cm³/mol. The summed E-state index contributed by atoms with van der Waals surface area (Å²) in [6.45, 7) is 3.94. The Morgan fingerprint density at radius 1 is 0.900 bits per heavy atom. The molecule has 0 aromatic heterocycles.